The molecule has 2 aliphatic carbocycles. The van der Waals surface area contributed by atoms with Crippen LogP contribution in [-0.2, 0) is 70.0 Å². The van der Waals surface area contributed by atoms with Gasteiger partial charge in [0.1, 0.15) is 20.2 Å². The van der Waals surface area contributed by atoms with E-state index < -0.39 is 72.6 Å². The minimum atomic E-state index is -5.13. The van der Waals surface area contributed by atoms with Gasteiger partial charge in [-0.2, -0.15) is 17.1 Å². The van der Waals surface area contributed by atoms with Gasteiger partial charge >= 0.3 is 257 Å². The molecule has 0 bridgehead atoms. The van der Waals surface area contributed by atoms with Crippen molar-refractivity contribution < 1.29 is 338 Å². The van der Waals surface area contributed by atoms with Crippen molar-refractivity contribution in [2.75, 3.05) is 23.0 Å². The Morgan fingerprint density at radius 2 is 1.33 bits per heavy atom. The van der Waals surface area contributed by atoms with Crippen LogP contribution in [0.25, 0.3) is 27.1 Å². The summed E-state index contributed by atoms with van der Waals surface area (Å²) in [5, 5.41) is 30.4. The summed E-state index contributed by atoms with van der Waals surface area (Å²) >= 11 is 8.12. The van der Waals surface area contributed by atoms with E-state index in [1.165, 1.54) is 6.07 Å². The van der Waals surface area contributed by atoms with Gasteiger partial charge in [0.15, 0.2) is 0 Å². The third kappa shape index (κ3) is 19.3. The number of unbranched alkanes of at least 4 members (excludes halogenated alkanes) is 2. The molecule has 0 amide bonds. The van der Waals surface area contributed by atoms with E-state index in [4.69, 9.17) is 11.6 Å². The minimum Gasteiger partial charge on any atom is -0.748 e. The molecule has 0 saturated heterocycles. The van der Waals surface area contributed by atoms with E-state index in [-0.39, 0.29) is 298 Å². The Morgan fingerprint density at radius 3 is 1.95 bits per heavy atom. The molecule has 0 fully saturated rings. The summed E-state index contributed by atoms with van der Waals surface area (Å²) in [6.45, 7) is 7.80. The van der Waals surface area contributed by atoms with Gasteiger partial charge in [0.05, 0.1) is 49.7 Å². The standard InChI is InChI=1S/C47H52ClNO18S6.5K/c1-46(2)36(34(12-5-7-22-70(52,53)54)35-17-13-30-24-32(68-66-64-50)26-39(73(61,62)63)42(30)43(35)46)18-14-28-10-9-11-29(45(28)48)16-20-40-47(3,4)44-37(49(40)21-6-8-23-71(55,56)57)19-15-31-25-33(72(58,59)60)27-38(41(31)44)69-67-65-51;;;;;/h13-20,24-27,50-51H,5-12,21-23H2,1-4H3,(H,52,53,54)(H,55,56,57)(H,58,59,60)(H,61,62,63);;;;;/q;5*+1/p-5. The van der Waals surface area contributed by atoms with Gasteiger partial charge in [-0.05, 0) is 138 Å². The molecule has 1 heterocycles. The van der Waals surface area contributed by atoms with Crippen LogP contribution in [0, 0.1) is 0 Å². The van der Waals surface area contributed by atoms with Crippen molar-refractivity contribution in [3.8, 4) is 0 Å². The second-order valence-electron chi connectivity index (χ2n) is 18.6. The number of benzene rings is 4. The number of hydrogen-bond donors (Lipinski definition) is 1. The Labute approximate surface area is 681 Å². The van der Waals surface area contributed by atoms with E-state index in [0.717, 1.165) is 34.4 Å². The van der Waals surface area contributed by atoms with Gasteiger partial charge in [-0.1, -0.05) is 75.7 Å². The van der Waals surface area contributed by atoms with Gasteiger partial charge in [0, 0.05) is 60.1 Å². The van der Waals surface area contributed by atoms with E-state index in [2.05, 4.69) is 18.7 Å². The molecule has 0 spiro atoms. The SMILES string of the molecule is CC1(C)C(=CC=C2CCCC(C=CC3=C(CCCCS(=O)(=O)O)c4ccc5cc(SOO[O-])cc(S(=O)(=O)[O-])c5c4C3(C)C)=C2Cl)N(CCCCS(=O)(=O)[O-])c2ccc3cc(S(=O)(=O)[O-])cc(SOO[O-])c3c21.[K+].[K+].[K+].[K+].[K+]. The van der Waals surface area contributed by atoms with Crippen LogP contribution < -0.4 is 272 Å². The number of nitrogens with zero attached hydrogens (tertiary/aromatic N) is 1. The van der Waals surface area contributed by atoms with Crippen LogP contribution in [0.3, 0.4) is 0 Å². The van der Waals surface area contributed by atoms with E-state index in [1.54, 1.807) is 30.3 Å². The van der Waals surface area contributed by atoms with Crippen molar-refractivity contribution in [1.82, 2.24) is 0 Å². The maximum Gasteiger partial charge on any atom is 1.00 e. The molecule has 7 rings (SSSR count). The van der Waals surface area contributed by atoms with Gasteiger partial charge in [0.2, 0.25) is 0 Å². The number of rotatable bonds is 21. The second-order valence-corrected chi connectivity index (χ2v) is 26.3. The predicted molar refractivity (Wildman–Crippen MR) is 266 cm³/mol. The maximum atomic E-state index is 12.9. The van der Waals surface area contributed by atoms with Crippen molar-refractivity contribution in [2.45, 2.75) is 109 Å². The molecule has 0 unspecified atom stereocenters. The smallest absolute Gasteiger partial charge is 0.748 e. The molecule has 396 valence electrons. The van der Waals surface area contributed by atoms with Crippen molar-refractivity contribution in [3.05, 3.63) is 117 Å². The maximum absolute atomic E-state index is 12.9. The van der Waals surface area contributed by atoms with E-state index in [0.29, 0.717) is 105 Å². The fourth-order valence-electron chi connectivity index (χ4n) is 10.2. The normalized spacial score (nSPS) is 17.2. The molecule has 0 atom stereocenters. The zero-order valence-corrected chi connectivity index (χ0v) is 65.6. The second kappa shape index (κ2) is 33.0. The van der Waals surface area contributed by atoms with E-state index in [9.17, 15) is 62.4 Å². The molecule has 0 radical (unpaired) electrons. The van der Waals surface area contributed by atoms with Crippen LogP contribution in [0.15, 0.2) is 120 Å². The van der Waals surface area contributed by atoms with Crippen LogP contribution in [0.5, 0.6) is 0 Å². The topological polar surface area (TPSA) is 312 Å². The molecule has 4 aromatic rings. The van der Waals surface area contributed by atoms with Crippen LogP contribution in [0.2, 0.25) is 0 Å². The van der Waals surface area contributed by atoms with Crippen molar-refractivity contribution in [3.63, 3.8) is 0 Å². The Hall–Kier alpha value is 4.47. The summed E-state index contributed by atoms with van der Waals surface area (Å²) in [4.78, 5) is 1.05. The first-order valence-electron chi connectivity index (χ1n) is 22.4. The average Bonchev–Trinajstić information content (AvgIpc) is 3.65. The monoisotopic (exact) mass is 1330 g/mol. The number of allylic oxidation sites excluding steroid dienone is 10. The number of fused-ring (bicyclic) bond motifs is 6. The third-order valence-corrected chi connectivity index (χ3v) is 18.1. The summed E-state index contributed by atoms with van der Waals surface area (Å²) in [5.41, 5.74) is 4.26. The summed E-state index contributed by atoms with van der Waals surface area (Å²) in [6.07, 6.45) is 10.3. The molecule has 31 heteroatoms. The van der Waals surface area contributed by atoms with Gasteiger partial charge in [-0.25, -0.2) is 25.3 Å². The molecular formula is C47H47ClK5NO18S6. The molecule has 19 nitrogen and oxygen atoms in total. The summed E-state index contributed by atoms with van der Waals surface area (Å²) < 4.78 is 152. The quantitative estimate of drug-likeness (QED) is 0.0202. The van der Waals surface area contributed by atoms with Crippen LogP contribution >= 0.6 is 35.7 Å². The first-order chi connectivity index (χ1) is 34.1. The largest absolute Gasteiger partial charge is 1.00 e. The van der Waals surface area contributed by atoms with Crippen molar-refractivity contribution in [2.24, 2.45) is 0 Å². The van der Waals surface area contributed by atoms with Gasteiger partial charge in [-0.3, -0.25) is 14.6 Å². The van der Waals surface area contributed by atoms with Crippen LogP contribution in [-0.4, -0.2) is 69.9 Å². The Morgan fingerprint density at radius 1 is 0.705 bits per heavy atom. The Bertz CT molecular complexity index is 3520. The summed E-state index contributed by atoms with van der Waals surface area (Å²) in [6, 6.07) is 11.7. The summed E-state index contributed by atoms with van der Waals surface area (Å²) in [7, 11) is -18.9. The predicted octanol–water partition coefficient (Wildman–Crippen LogP) is -7.45. The molecule has 4 aromatic carbocycles. The number of hydrogen-bond acceptors (Lipinski definition) is 20. The van der Waals surface area contributed by atoms with Crippen molar-refractivity contribution in [1.29, 1.82) is 0 Å². The first-order valence-corrected chi connectivity index (χ1v) is 30.2. The van der Waals surface area contributed by atoms with E-state index in [1.807, 2.05) is 56.9 Å². The molecular weight excluding hydrogens is 1290 g/mol. The van der Waals surface area contributed by atoms with Crippen molar-refractivity contribution >= 4 is 109 Å². The summed E-state index contributed by atoms with van der Waals surface area (Å²) in [5.74, 6) is -1.06. The first kappa shape index (κ1) is 78.6. The molecule has 0 aromatic heterocycles. The zero-order chi connectivity index (χ0) is 53.5. The number of anilines is 1. The van der Waals surface area contributed by atoms with Crippen LogP contribution in [0.1, 0.15) is 95.8 Å². The average molecular weight is 1340 g/mol. The Kier molecular flexibility index (Phi) is 33.2. The van der Waals surface area contributed by atoms with E-state index >= 15 is 0 Å². The third-order valence-electron chi connectivity index (χ3n) is 13.2. The molecule has 1 aliphatic heterocycles. The number of halogens is 1. The Balaban J connectivity index is 0.00000416. The molecule has 3 aliphatic rings. The fraction of sp³-hybridized carbons (Fsp3) is 0.362. The molecule has 1 N–H and O–H groups in total. The van der Waals surface area contributed by atoms with Gasteiger partial charge in [-0.15, -0.1) is 0 Å². The van der Waals surface area contributed by atoms with Crippen LogP contribution in [0.4, 0.5) is 5.69 Å². The minimum absolute atomic E-state index is 0. The zero-order valence-electron chi connectivity index (χ0n) is 44.4. The van der Waals surface area contributed by atoms with Gasteiger partial charge in [0.25, 0.3) is 10.1 Å². The molecule has 78 heavy (non-hydrogen) atoms. The van der Waals surface area contributed by atoms with Gasteiger partial charge < -0.3 is 29.1 Å². The fourth-order valence-corrected chi connectivity index (χ4v) is 14.1. The molecule has 0 saturated carbocycles.